The lowest BCUT2D eigenvalue weighted by molar-refractivity contribution is -0.384. The Kier molecular flexibility index (Phi) is 5.27. The van der Waals surface area contributed by atoms with E-state index in [4.69, 9.17) is 4.74 Å². The summed E-state index contributed by atoms with van der Waals surface area (Å²) in [5.74, 6) is -0.288. The summed E-state index contributed by atoms with van der Waals surface area (Å²) < 4.78 is 5.28. The number of hydrogen-bond donors (Lipinski definition) is 2. The standard InChI is InChI=1S/C16H22N4O4/c21-16(17-5-6-19-7-9-24-10-8-19)12-1-4-14(18-13-2-3-13)15(11-12)20(22)23/h1,4,11,13,18H,2-3,5-10H2,(H,17,21). The number of anilines is 1. The van der Waals surface area contributed by atoms with Crippen molar-refractivity contribution in [2.24, 2.45) is 0 Å². The number of nitro benzene ring substituents is 1. The van der Waals surface area contributed by atoms with Gasteiger partial charge in [0, 0.05) is 43.9 Å². The van der Waals surface area contributed by atoms with Crippen LogP contribution in [0.25, 0.3) is 0 Å². The maximum atomic E-state index is 12.2. The van der Waals surface area contributed by atoms with Crippen LogP contribution in [-0.2, 0) is 4.74 Å². The molecule has 24 heavy (non-hydrogen) atoms. The highest BCUT2D eigenvalue weighted by molar-refractivity contribution is 5.95. The molecule has 2 aliphatic rings. The van der Waals surface area contributed by atoms with Gasteiger partial charge in [-0.15, -0.1) is 0 Å². The molecule has 1 aliphatic carbocycles. The molecule has 1 aliphatic heterocycles. The number of hydrogen-bond acceptors (Lipinski definition) is 6. The van der Waals surface area contributed by atoms with Gasteiger partial charge in [0.05, 0.1) is 18.1 Å². The largest absolute Gasteiger partial charge is 0.379 e. The third-order valence-electron chi connectivity index (χ3n) is 4.21. The molecule has 130 valence electrons. The van der Waals surface area contributed by atoms with Crippen LogP contribution in [0.5, 0.6) is 0 Å². The van der Waals surface area contributed by atoms with Gasteiger partial charge < -0.3 is 15.4 Å². The summed E-state index contributed by atoms with van der Waals surface area (Å²) in [5, 5.41) is 17.2. The monoisotopic (exact) mass is 334 g/mol. The number of ether oxygens (including phenoxy) is 1. The summed E-state index contributed by atoms with van der Waals surface area (Å²) in [6.07, 6.45) is 2.06. The molecule has 1 saturated heterocycles. The van der Waals surface area contributed by atoms with Gasteiger partial charge in [-0.2, -0.15) is 0 Å². The maximum Gasteiger partial charge on any atom is 0.293 e. The van der Waals surface area contributed by atoms with E-state index in [0.717, 1.165) is 45.7 Å². The Morgan fingerprint density at radius 1 is 1.33 bits per heavy atom. The fourth-order valence-corrected chi connectivity index (χ4v) is 2.65. The van der Waals surface area contributed by atoms with Crippen LogP contribution >= 0.6 is 0 Å². The zero-order valence-corrected chi connectivity index (χ0v) is 13.5. The number of carbonyl (C=O) groups excluding carboxylic acids is 1. The number of carbonyl (C=O) groups is 1. The van der Waals surface area contributed by atoms with Gasteiger partial charge in [-0.25, -0.2) is 0 Å². The molecule has 8 nitrogen and oxygen atoms in total. The van der Waals surface area contributed by atoms with E-state index in [2.05, 4.69) is 15.5 Å². The van der Waals surface area contributed by atoms with E-state index >= 15 is 0 Å². The topological polar surface area (TPSA) is 96.7 Å². The first-order valence-corrected chi connectivity index (χ1v) is 8.27. The van der Waals surface area contributed by atoms with Crippen LogP contribution < -0.4 is 10.6 Å². The summed E-state index contributed by atoms with van der Waals surface area (Å²) in [6.45, 7) is 4.42. The van der Waals surface area contributed by atoms with E-state index in [1.54, 1.807) is 12.1 Å². The minimum atomic E-state index is -0.449. The van der Waals surface area contributed by atoms with E-state index in [9.17, 15) is 14.9 Å². The molecule has 0 spiro atoms. The third-order valence-corrected chi connectivity index (χ3v) is 4.21. The lowest BCUT2D eigenvalue weighted by Crippen LogP contribution is -2.41. The first kappa shape index (κ1) is 16.7. The Bertz CT molecular complexity index is 612. The van der Waals surface area contributed by atoms with E-state index in [1.807, 2.05) is 0 Å². The predicted octanol–water partition coefficient (Wildman–Crippen LogP) is 1.23. The Morgan fingerprint density at radius 3 is 2.75 bits per heavy atom. The summed E-state index contributed by atoms with van der Waals surface area (Å²) in [5.41, 5.74) is 0.736. The molecule has 1 heterocycles. The Balaban J connectivity index is 1.57. The SMILES string of the molecule is O=C(NCCN1CCOCC1)c1ccc(NC2CC2)c([N+](=O)[O-])c1. The van der Waals surface area contributed by atoms with Crippen molar-refractivity contribution < 1.29 is 14.5 Å². The minimum Gasteiger partial charge on any atom is -0.379 e. The molecule has 0 aromatic heterocycles. The molecule has 0 atom stereocenters. The van der Waals surface area contributed by atoms with Crippen LogP contribution in [0.1, 0.15) is 23.2 Å². The Labute approximate surface area is 140 Å². The molecule has 1 amide bonds. The number of nitro groups is 1. The molecule has 1 aromatic carbocycles. The second-order valence-corrected chi connectivity index (χ2v) is 6.12. The van der Waals surface area contributed by atoms with Crippen LogP contribution in [-0.4, -0.2) is 61.2 Å². The van der Waals surface area contributed by atoms with Gasteiger partial charge in [-0.1, -0.05) is 0 Å². The lowest BCUT2D eigenvalue weighted by atomic mass is 10.1. The molecule has 2 fully saturated rings. The van der Waals surface area contributed by atoms with E-state index in [0.29, 0.717) is 23.8 Å². The second kappa shape index (κ2) is 7.59. The smallest absolute Gasteiger partial charge is 0.293 e. The molecule has 0 bridgehead atoms. The molecular formula is C16H22N4O4. The number of morpholine rings is 1. The lowest BCUT2D eigenvalue weighted by Gasteiger charge is -2.26. The van der Waals surface area contributed by atoms with Gasteiger partial charge in [0.2, 0.25) is 0 Å². The van der Waals surface area contributed by atoms with Crippen molar-refractivity contribution >= 4 is 17.3 Å². The molecule has 0 unspecified atom stereocenters. The zero-order valence-electron chi connectivity index (χ0n) is 13.5. The predicted molar refractivity (Wildman–Crippen MR) is 89.3 cm³/mol. The van der Waals surface area contributed by atoms with E-state index in [1.165, 1.54) is 6.07 Å². The van der Waals surface area contributed by atoms with Crippen LogP contribution in [0, 0.1) is 10.1 Å². The van der Waals surface area contributed by atoms with Gasteiger partial charge >= 0.3 is 0 Å². The molecule has 3 rings (SSSR count). The molecule has 8 heteroatoms. The van der Waals surface area contributed by atoms with Crippen molar-refractivity contribution in [2.45, 2.75) is 18.9 Å². The quantitative estimate of drug-likeness (QED) is 0.575. The number of nitrogens with zero attached hydrogens (tertiary/aromatic N) is 2. The average Bonchev–Trinajstić information content (AvgIpc) is 3.40. The van der Waals surface area contributed by atoms with Crippen molar-refractivity contribution in [3.05, 3.63) is 33.9 Å². The van der Waals surface area contributed by atoms with Gasteiger partial charge in [0.25, 0.3) is 11.6 Å². The third kappa shape index (κ3) is 4.42. The normalized spacial score (nSPS) is 18.2. The Morgan fingerprint density at radius 2 is 2.08 bits per heavy atom. The van der Waals surface area contributed by atoms with Gasteiger partial charge in [-0.05, 0) is 25.0 Å². The molecule has 1 saturated carbocycles. The first-order chi connectivity index (χ1) is 11.6. The summed E-state index contributed by atoms with van der Waals surface area (Å²) in [4.78, 5) is 25.2. The fraction of sp³-hybridized carbons (Fsp3) is 0.562. The van der Waals surface area contributed by atoms with Crippen molar-refractivity contribution in [1.82, 2.24) is 10.2 Å². The van der Waals surface area contributed by atoms with Crippen LogP contribution in [0.15, 0.2) is 18.2 Å². The average molecular weight is 334 g/mol. The van der Waals surface area contributed by atoms with Crippen molar-refractivity contribution in [3.63, 3.8) is 0 Å². The molecule has 0 radical (unpaired) electrons. The number of amides is 1. The minimum absolute atomic E-state index is 0.0530. The van der Waals surface area contributed by atoms with Crippen LogP contribution in [0.4, 0.5) is 11.4 Å². The highest BCUT2D eigenvalue weighted by atomic mass is 16.6. The highest BCUT2D eigenvalue weighted by Gasteiger charge is 2.25. The van der Waals surface area contributed by atoms with Crippen LogP contribution in [0.3, 0.4) is 0 Å². The summed E-state index contributed by atoms with van der Waals surface area (Å²) in [7, 11) is 0. The number of nitrogens with one attached hydrogen (secondary N) is 2. The number of benzene rings is 1. The number of rotatable bonds is 7. The van der Waals surface area contributed by atoms with Crippen molar-refractivity contribution in [2.75, 3.05) is 44.7 Å². The molecular weight excluding hydrogens is 312 g/mol. The van der Waals surface area contributed by atoms with Crippen molar-refractivity contribution in [3.8, 4) is 0 Å². The Hall–Kier alpha value is -2.19. The molecule has 2 N–H and O–H groups in total. The highest BCUT2D eigenvalue weighted by Crippen LogP contribution is 2.31. The van der Waals surface area contributed by atoms with E-state index in [-0.39, 0.29) is 11.6 Å². The first-order valence-electron chi connectivity index (χ1n) is 8.27. The van der Waals surface area contributed by atoms with Crippen LogP contribution in [0.2, 0.25) is 0 Å². The van der Waals surface area contributed by atoms with Gasteiger partial charge in [0.1, 0.15) is 5.69 Å². The summed E-state index contributed by atoms with van der Waals surface area (Å²) in [6, 6.07) is 4.90. The van der Waals surface area contributed by atoms with Gasteiger partial charge in [0.15, 0.2) is 0 Å². The maximum absolute atomic E-state index is 12.2. The zero-order chi connectivity index (χ0) is 16.9. The van der Waals surface area contributed by atoms with Gasteiger partial charge in [-0.3, -0.25) is 19.8 Å². The molecule has 1 aromatic rings. The second-order valence-electron chi connectivity index (χ2n) is 6.12. The fourth-order valence-electron chi connectivity index (χ4n) is 2.65. The summed E-state index contributed by atoms with van der Waals surface area (Å²) >= 11 is 0. The van der Waals surface area contributed by atoms with Crippen molar-refractivity contribution in [1.29, 1.82) is 0 Å². The van der Waals surface area contributed by atoms with E-state index < -0.39 is 4.92 Å².